The van der Waals surface area contributed by atoms with Crippen LogP contribution in [-0.2, 0) is 9.53 Å². The SMILES string of the molecule is Cc1cc(Oc2c(C)cc(NC(=O)CCN3CCOCC3)cc2C)cc(-c2c(C)noc2C)c1. The van der Waals surface area contributed by atoms with Crippen molar-refractivity contribution in [1.82, 2.24) is 10.1 Å². The first-order valence-electron chi connectivity index (χ1n) is 11.7. The van der Waals surface area contributed by atoms with E-state index in [1.54, 1.807) is 0 Å². The van der Waals surface area contributed by atoms with Crippen molar-refractivity contribution in [2.75, 3.05) is 38.2 Å². The van der Waals surface area contributed by atoms with Gasteiger partial charge in [0, 0.05) is 37.3 Å². The Morgan fingerprint density at radius 2 is 1.74 bits per heavy atom. The van der Waals surface area contributed by atoms with E-state index in [0.29, 0.717) is 6.42 Å². The van der Waals surface area contributed by atoms with E-state index < -0.39 is 0 Å². The lowest BCUT2D eigenvalue weighted by molar-refractivity contribution is -0.116. The van der Waals surface area contributed by atoms with Crippen LogP contribution in [0.5, 0.6) is 11.5 Å². The van der Waals surface area contributed by atoms with Crippen molar-refractivity contribution in [3.05, 3.63) is 58.5 Å². The highest BCUT2D eigenvalue weighted by molar-refractivity contribution is 5.91. The fraction of sp³-hybridized carbons (Fsp3) is 0.407. The van der Waals surface area contributed by atoms with E-state index in [-0.39, 0.29) is 5.91 Å². The highest BCUT2D eigenvalue weighted by Gasteiger charge is 2.16. The van der Waals surface area contributed by atoms with Crippen molar-refractivity contribution in [3.8, 4) is 22.6 Å². The molecule has 34 heavy (non-hydrogen) atoms. The molecule has 1 N–H and O–H groups in total. The summed E-state index contributed by atoms with van der Waals surface area (Å²) in [5.41, 5.74) is 6.67. The van der Waals surface area contributed by atoms with Crippen LogP contribution >= 0.6 is 0 Å². The molecule has 0 radical (unpaired) electrons. The van der Waals surface area contributed by atoms with E-state index in [1.165, 1.54) is 0 Å². The van der Waals surface area contributed by atoms with E-state index in [4.69, 9.17) is 14.0 Å². The van der Waals surface area contributed by atoms with Crippen molar-refractivity contribution < 1.29 is 18.8 Å². The summed E-state index contributed by atoms with van der Waals surface area (Å²) in [6.45, 7) is 13.9. The minimum atomic E-state index is 0.0155. The van der Waals surface area contributed by atoms with Gasteiger partial charge in [-0.1, -0.05) is 11.2 Å². The van der Waals surface area contributed by atoms with Gasteiger partial charge in [0.25, 0.3) is 0 Å². The molecule has 7 heteroatoms. The molecule has 180 valence electrons. The molecule has 1 saturated heterocycles. The molecule has 1 amide bonds. The standard InChI is InChI=1S/C27H33N3O4/c1-17-12-22(26-20(4)29-34-21(26)5)16-24(13-17)33-27-18(2)14-23(15-19(27)3)28-25(31)6-7-30-8-10-32-11-9-30/h12-16H,6-11H2,1-5H3,(H,28,31). The number of rotatable bonds is 7. The molecule has 0 saturated carbocycles. The Bertz CT molecular complexity index is 1140. The van der Waals surface area contributed by atoms with Crippen molar-refractivity contribution in [2.24, 2.45) is 0 Å². The maximum Gasteiger partial charge on any atom is 0.225 e. The summed E-state index contributed by atoms with van der Waals surface area (Å²) < 4.78 is 17.1. The van der Waals surface area contributed by atoms with Crippen LogP contribution in [0.4, 0.5) is 5.69 Å². The molecule has 0 unspecified atom stereocenters. The number of amides is 1. The molecule has 1 aliphatic heterocycles. The number of carbonyl (C=O) groups is 1. The average molecular weight is 464 g/mol. The first kappa shape index (κ1) is 24.0. The van der Waals surface area contributed by atoms with Gasteiger partial charge in [0.15, 0.2) is 0 Å². The van der Waals surface area contributed by atoms with Gasteiger partial charge >= 0.3 is 0 Å². The number of ether oxygens (including phenoxy) is 2. The molecule has 0 atom stereocenters. The summed E-state index contributed by atoms with van der Waals surface area (Å²) in [6, 6.07) is 10.1. The number of carbonyl (C=O) groups excluding carboxylic acids is 1. The van der Waals surface area contributed by atoms with Crippen molar-refractivity contribution in [3.63, 3.8) is 0 Å². The van der Waals surface area contributed by atoms with E-state index >= 15 is 0 Å². The Balaban J connectivity index is 1.47. The number of hydrogen-bond acceptors (Lipinski definition) is 6. The number of morpholine rings is 1. The Hall–Kier alpha value is -3.16. The Morgan fingerprint density at radius 1 is 1.03 bits per heavy atom. The Morgan fingerprint density at radius 3 is 2.38 bits per heavy atom. The van der Waals surface area contributed by atoms with Crippen LogP contribution in [-0.4, -0.2) is 48.8 Å². The van der Waals surface area contributed by atoms with Gasteiger partial charge < -0.3 is 19.3 Å². The average Bonchev–Trinajstić information content (AvgIpc) is 3.13. The van der Waals surface area contributed by atoms with Crippen LogP contribution in [0.1, 0.15) is 34.6 Å². The fourth-order valence-corrected chi connectivity index (χ4v) is 4.46. The molecular formula is C27H33N3O4. The second kappa shape index (κ2) is 10.4. The second-order valence-corrected chi connectivity index (χ2v) is 9.03. The maximum absolute atomic E-state index is 12.5. The monoisotopic (exact) mass is 463 g/mol. The van der Waals surface area contributed by atoms with Crippen molar-refractivity contribution >= 4 is 11.6 Å². The van der Waals surface area contributed by atoms with Gasteiger partial charge in [-0.15, -0.1) is 0 Å². The van der Waals surface area contributed by atoms with Crippen molar-refractivity contribution in [2.45, 2.75) is 41.0 Å². The molecule has 4 rings (SSSR count). The summed E-state index contributed by atoms with van der Waals surface area (Å²) in [6.07, 6.45) is 0.462. The van der Waals surface area contributed by atoms with Crippen LogP contribution in [0.3, 0.4) is 0 Å². The minimum absolute atomic E-state index is 0.0155. The summed E-state index contributed by atoms with van der Waals surface area (Å²) in [5, 5.41) is 7.11. The molecule has 2 aromatic carbocycles. The lowest BCUT2D eigenvalue weighted by atomic mass is 10.0. The highest BCUT2D eigenvalue weighted by Crippen LogP contribution is 2.35. The zero-order valence-corrected chi connectivity index (χ0v) is 20.7. The van der Waals surface area contributed by atoms with Gasteiger partial charge in [-0.25, -0.2) is 0 Å². The molecule has 0 bridgehead atoms. The van der Waals surface area contributed by atoms with Crippen LogP contribution in [0, 0.1) is 34.6 Å². The lowest BCUT2D eigenvalue weighted by Crippen LogP contribution is -2.38. The maximum atomic E-state index is 12.5. The van der Waals surface area contributed by atoms with Gasteiger partial charge in [0.2, 0.25) is 5.91 Å². The van der Waals surface area contributed by atoms with Crippen LogP contribution in [0.15, 0.2) is 34.9 Å². The first-order chi connectivity index (χ1) is 16.3. The third-order valence-corrected chi connectivity index (χ3v) is 6.10. The lowest BCUT2D eigenvalue weighted by Gasteiger charge is -2.26. The largest absolute Gasteiger partial charge is 0.457 e. The predicted molar refractivity (Wildman–Crippen MR) is 133 cm³/mol. The van der Waals surface area contributed by atoms with Gasteiger partial charge in [-0.2, -0.15) is 0 Å². The smallest absolute Gasteiger partial charge is 0.225 e. The number of anilines is 1. The molecule has 1 aromatic heterocycles. The normalized spacial score (nSPS) is 14.3. The van der Waals surface area contributed by atoms with Crippen LogP contribution in [0.25, 0.3) is 11.1 Å². The quantitative estimate of drug-likeness (QED) is 0.510. The number of benzene rings is 2. The molecule has 7 nitrogen and oxygen atoms in total. The Kier molecular flexibility index (Phi) is 7.34. The first-order valence-corrected chi connectivity index (χ1v) is 11.7. The van der Waals surface area contributed by atoms with E-state index in [0.717, 1.165) is 89.3 Å². The molecular weight excluding hydrogens is 430 g/mol. The second-order valence-electron chi connectivity index (χ2n) is 9.03. The molecule has 2 heterocycles. The third kappa shape index (κ3) is 5.66. The third-order valence-electron chi connectivity index (χ3n) is 6.10. The van der Waals surface area contributed by atoms with E-state index in [9.17, 15) is 4.79 Å². The van der Waals surface area contributed by atoms with E-state index in [1.807, 2.05) is 58.9 Å². The number of aryl methyl sites for hydroxylation is 5. The highest BCUT2D eigenvalue weighted by atomic mass is 16.5. The summed E-state index contributed by atoms with van der Waals surface area (Å²) in [4.78, 5) is 14.7. The number of nitrogens with zero attached hydrogens (tertiary/aromatic N) is 2. The molecule has 1 aliphatic rings. The van der Waals surface area contributed by atoms with Gasteiger partial charge in [0.1, 0.15) is 17.3 Å². The zero-order valence-electron chi connectivity index (χ0n) is 20.7. The number of hydrogen-bond donors (Lipinski definition) is 1. The minimum Gasteiger partial charge on any atom is -0.457 e. The van der Waals surface area contributed by atoms with E-state index in [2.05, 4.69) is 21.4 Å². The fourth-order valence-electron chi connectivity index (χ4n) is 4.46. The molecule has 0 spiro atoms. The topological polar surface area (TPSA) is 76.8 Å². The predicted octanol–water partition coefficient (Wildman–Crippen LogP) is 5.34. The summed E-state index contributed by atoms with van der Waals surface area (Å²) in [5.74, 6) is 2.35. The zero-order chi connectivity index (χ0) is 24.2. The number of aromatic nitrogens is 1. The Labute approximate surface area is 201 Å². The van der Waals surface area contributed by atoms with Crippen molar-refractivity contribution in [1.29, 1.82) is 0 Å². The van der Waals surface area contributed by atoms with Gasteiger partial charge in [-0.3, -0.25) is 9.69 Å². The summed E-state index contributed by atoms with van der Waals surface area (Å²) in [7, 11) is 0. The van der Waals surface area contributed by atoms with Gasteiger partial charge in [-0.05, 0) is 81.1 Å². The molecule has 3 aromatic rings. The molecule has 0 aliphatic carbocycles. The van der Waals surface area contributed by atoms with Gasteiger partial charge in [0.05, 0.1) is 18.9 Å². The summed E-state index contributed by atoms with van der Waals surface area (Å²) >= 11 is 0. The number of nitrogens with one attached hydrogen (secondary N) is 1. The van der Waals surface area contributed by atoms with Crippen LogP contribution < -0.4 is 10.1 Å². The van der Waals surface area contributed by atoms with Crippen LogP contribution in [0.2, 0.25) is 0 Å². The molecule has 1 fully saturated rings.